The van der Waals surface area contributed by atoms with Crippen LogP contribution in [0.1, 0.15) is 54.1 Å². The third kappa shape index (κ3) is 8.51. The number of hydrogen-bond acceptors (Lipinski definition) is 5. The number of halogens is 1. The first-order valence-electron chi connectivity index (χ1n) is 12.3. The van der Waals surface area contributed by atoms with Crippen molar-refractivity contribution >= 4 is 29.9 Å². The van der Waals surface area contributed by atoms with Crippen molar-refractivity contribution in [1.82, 2.24) is 0 Å². The van der Waals surface area contributed by atoms with Gasteiger partial charge in [-0.15, -0.1) is 12.4 Å². The number of hydrogen-bond donors (Lipinski definition) is 4. The second kappa shape index (κ2) is 14.9. The average Bonchev–Trinajstić information content (AvgIpc) is 2.88. The van der Waals surface area contributed by atoms with Gasteiger partial charge in [0.15, 0.2) is 6.04 Å². The number of amidine groups is 1. The van der Waals surface area contributed by atoms with Crippen LogP contribution in [0.3, 0.4) is 0 Å². The van der Waals surface area contributed by atoms with E-state index in [0.29, 0.717) is 42.4 Å². The van der Waals surface area contributed by atoms with Crippen molar-refractivity contribution in [1.29, 1.82) is 5.41 Å². The van der Waals surface area contributed by atoms with Gasteiger partial charge < -0.3 is 25.6 Å². The Bertz CT molecular complexity index is 1150. The monoisotopic (exact) mass is 525 g/mol. The van der Waals surface area contributed by atoms with E-state index in [-0.39, 0.29) is 18.2 Å². The molecule has 0 saturated carbocycles. The SMILES string of the molecule is CCCc1cc(CC)cc(C(Nc2ccc(C(=N)N)cc2)C(=O)O)c1OCCOCc1ccccc1.Cl. The Balaban J connectivity index is 0.00000481. The third-order valence-electron chi connectivity index (χ3n) is 5.83. The highest BCUT2D eigenvalue weighted by Crippen LogP contribution is 2.34. The van der Waals surface area contributed by atoms with E-state index in [1.807, 2.05) is 36.4 Å². The summed E-state index contributed by atoms with van der Waals surface area (Å²) in [6, 6.07) is 19.8. The number of aryl methyl sites for hydroxylation is 2. The molecule has 0 aliphatic carbocycles. The summed E-state index contributed by atoms with van der Waals surface area (Å²) in [5, 5.41) is 20.9. The number of carboxylic acid groups (broad SMARTS) is 1. The van der Waals surface area contributed by atoms with Crippen molar-refractivity contribution in [3.63, 3.8) is 0 Å². The van der Waals surface area contributed by atoms with E-state index in [1.54, 1.807) is 24.3 Å². The van der Waals surface area contributed by atoms with E-state index < -0.39 is 12.0 Å². The fourth-order valence-electron chi connectivity index (χ4n) is 3.98. The Kier molecular flexibility index (Phi) is 11.9. The fraction of sp³-hybridized carbons (Fsp3) is 0.310. The molecule has 0 aromatic heterocycles. The van der Waals surface area contributed by atoms with Gasteiger partial charge in [-0.05, 0) is 59.9 Å². The predicted octanol–water partition coefficient (Wildman–Crippen LogP) is 5.74. The maximum Gasteiger partial charge on any atom is 0.330 e. The standard InChI is InChI=1S/C29H35N3O4.ClH/c1-3-8-23-17-20(4-2)18-25(27(23)36-16-15-35-19-21-9-6-5-7-10-21)26(29(33)34)32-24-13-11-22(12-14-24)28(30)31;/h5-7,9-14,17-18,26,32H,3-4,8,15-16,19H2,1-2H3,(H3,30,31)(H,33,34);1H. The van der Waals surface area contributed by atoms with Crippen molar-refractivity contribution in [3.8, 4) is 5.75 Å². The highest BCUT2D eigenvalue weighted by molar-refractivity contribution is 5.95. The number of anilines is 1. The molecule has 0 aliphatic heterocycles. The van der Waals surface area contributed by atoms with Crippen molar-refractivity contribution in [2.24, 2.45) is 5.73 Å². The molecule has 3 aromatic carbocycles. The summed E-state index contributed by atoms with van der Waals surface area (Å²) < 4.78 is 12.0. The predicted molar refractivity (Wildman–Crippen MR) is 150 cm³/mol. The Labute approximate surface area is 224 Å². The van der Waals surface area contributed by atoms with Gasteiger partial charge in [-0.3, -0.25) is 5.41 Å². The van der Waals surface area contributed by atoms with Crippen molar-refractivity contribution in [2.75, 3.05) is 18.5 Å². The number of carboxylic acids is 1. The molecule has 0 bridgehead atoms. The number of nitrogen functional groups attached to an aromatic ring is 1. The third-order valence-corrected chi connectivity index (χ3v) is 5.83. The topological polar surface area (TPSA) is 118 Å². The van der Waals surface area contributed by atoms with Gasteiger partial charge >= 0.3 is 5.97 Å². The van der Waals surface area contributed by atoms with Crippen LogP contribution in [0.25, 0.3) is 0 Å². The summed E-state index contributed by atoms with van der Waals surface area (Å²) >= 11 is 0. The van der Waals surface area contributed by atoms with Crippen LogP contribution < -0.4 is 15.8 Å². The van der Waals surface area contributed by atoms with Gasteiger partial charge in [0.2, 0.25) is 0 Å². The summed E-state index contributed by atoms with van der Waals surface area (Å²) in [6.07, 6.45) is 2.47. The molecular formula is C29H36ClN3O4. The number of carbonyl (C=O) groups is 1. The molecule has 0 heterocycles. The first-order valence-corrected chi connectivity index (χ1v) is 12.3. The molecule has 198 valence electrons. The minimum Gasteiger partial charge on any atom is -0.491 e. The van der Waals surface area contributed by atoms with Gasteiger partial charge in [-0.2, -0.15) is 0 Å². The highest BCUT2D eigenvalue weighted by Gasteiger charge is 2.26. The lowest BCUT2D eigenvalue weighted by Gasteiger charge is -2.23. The molecule has 3 rings (SSSR count). The normalized spacial score (nSPS) is 11.3. The lowest BCUT2D eigenvalue weighted by molar-refractivity contribution is -0.138. The van der Waals surface area contributed by atoms with Gasteiger partial charge in [-0.1, -0.05) is 56.7 Å². The molecule has 0 fully saturated rings. The molecule has 3 aromatic rings. The molecule has 0 amide bonds. The van der Waals surface area contributed by atoms with Crippen LogP contribution >= 0.6 is 12.4 Å². The van der Waals surface area contributed by atoms with Crippen LogP contribution in [0.4, 0.5) is 5.69 Å². The molecule has 0 radical (unpaired) electrons. The smallest absolute Gasteiger partial charge is 0.330 e. The largest absolute Gasteiger partial charge is 0.491 e. The Morgan fingerprint density at radius 1 is 1.03 bits per heavy atom. The van der Waals surface area contributed by atoms with E-state index in [1.165, 1.54) is 0 Å². The molecule has 5 N–H and O–H groups in total. The van der Waals surface area contributed by atoms with E-state index in [9.17, 15) is 9.90 Å². The summed E-state index contributed by atoms with van der Waals surface area (Å²) in [7, 11) is 0. The van der Waals surface area contributed by atoms with Crippen LogP contribution in [0.15, 0.2) is 66.7 Å². The molecule has 1 unspecified atom stereocenters. The minimum atomic E-state index is -1.02. The van der Waals surface area contributed by atoms with Gasteiger partial charge in [0.05, 0.1) is 13.2 Å². The Morgan fingerprint density at radius 3 is 2.32 bits per heavy atom. The molecular weight excluding hydrogens is 490 g/mol. The van der Waals surface area contributed by atoms with Crippen molar-refractivity contribution in [3.05, 3.63) is 94.5 Å². The van der Waals surface area contributed by atoms with Crippen LogP contribution in [0.2, 0.25) is 0 Å². The zero-order valence-electron chi connectivity index (χ0n) is 21.3. The molecule has 0 saturated heterocycles. The molecule has 7 nitrogen and oxygen atoms in total. The summed E-state index contributed by atoms with van der Waals surface area (Å²) in [5.41, 5.74) is 10.5. The maximum absolute atomic E-state index is 12.4. The van der Waals surface area contributed by atoms with Crippen molar-refractivity contribution < 1.29 is 19.4 Å². The zero-order valence-corrected chi connectivity index (χ0v) is 22.1. The Hall–Kier alpha value is -3.55. The van der Waals surface area contributed by atoms with Crippen LogP contribution in [-0.2, 0) is 29.0 Å². The van der Waals surface area contributed by atoms with E-state index in [4.69, 9.17) is 20.6 Å². The highest BCUT2D eigenvalue weighted by atomic mass is 35.5. The lowest BCUT2D eigenvalue weighted by atomic mass is 9.95. The summed E-state index contributed by atoms with van der Waals surface area (Å²) in [5.74, 6) is -0.453. The molecule has 0 aliphatic rings. The minimum absolute atomic E-state index is 0. The second-order valence-electron chi connectivity index (χ2n) is 8.57. The Morgan fingerprint density at radius 2 is 1.73 bits per heavy atom. The van der Waals surface area contributed by atoms with Gasteiger partial charge in [-0.25, -0.2) is 4.79 Å². The van der Waals surface area contributed by atoms with Crippen LogP contribution in [0.5, 0.6) is 5.75 Å². The molecule has 0 spiro atoms. The number of rotatable bonds is 14. The average molecular weight is 526 g/mol. The van der Waals surface area contributed by atoms with Gasteiger partial charge in [0.1, 0.15) is 18.2 Å². The van der Waals surface area contributed by atoms with Crippen LogP contribution in [0, 0.1) is 5.41 Å². The van der Waals surface area contributed by atoms with E-state index in [2.05, 4.69) is 25.2 Å². The first kappa shape index (κ1) is 29.7. The van der Waals surface area contributed by atoms with Crippen LogP contribution in [-0.4, -0.2) is 30.1 Å². The molecule has 37 heavy (non-hydrogen) atoms. The number of aliphatic carboxylic acids is 1. The lowest BCUT2D eigenvalue weighted by Crippen LogP contribution is -2.23. The summed E-state index contributed by atoms with van der Waals surface area (Å²) in [4.78, 5) is 12.4. The maximum atomic E-state index is 12.4. The number of ether oxygens (including phenoxy) is 2. The fourth-order valence-corrected chi connectivity index (χ4v) is 3.98. The van der Waals surface area contributed by atoms with E-state index >= 15 is 0 Å². The summed E-state index contributed by atoms with van der Waals surface area (Å²) in [6.45, 7) is 5.32. The van der Waals surface area contributed by atoms with Crippen molar-refractivity contribution in [2.45, 2.75) is 45.8 Å². The first-order chi connectivity index (χ1) is 17.4. The number of nitrogens with one attached hydrogen (secondary N) is 2. The number of nitrogens with two attached hydrogens (primary N) is 1. The molecule has 8 heteroatoms. The zero-order chi connectivity index (χ0) is 25.9. The quantitative estimate of drug-likeness (QED) is 0.121. The van der Waals surface area contributed by atoms with E-state index in [0.717, 1.165) is 36.0 Å². The van der Waals surface area contributed by atoms with Gasteiger partial charge in [0.25, 0.3) is 0 Å². The number of benzene rings is 3. The molecule has 1 atom stereocenters. The van der Waals surface area contributed by atoms with Gasteiger partial charge in [0, 0.05) is 16.8 Å². The second-order valence-corrected chi connectivity index (χ2v) is 8.57.